The second kappa shape index (κ2) is 4.87. The van der Waals surface area contributed by atoms with Crippen molar-refractivity contribution in [3.05, 3.63) is 10.8 Å². The van der Waals surface area contributed by atoms with Crippen LogP contribution < -0.4 is 0 Å². The molecule has 0 aromatic carbocycles. The molecule has 0 N–H and O–H groups in total. The predicted octanol–water partition coefficient (Wildman–Crippen LogP) is 4.51. The van der Waals surface area contributed by atoms with Crippen molar-refractivity contribution in [1.82, 2.24) is 15.0 Å². The van der Waals surface area contributed by atoms with Gasteiger partial charge in [0.05, 0.1) is 0 Å². The van der Waals surface area contributed by atoms with Gasteiger partial charge in [-0.15, -0.1) is 5.10 Å². The van der Waals surface area contributed by atoms with E-state index in [9.17, 15) is 0 Å². The van der Waals surface area contributed by atoms with Crippen LogP contribution in [0.3, 0.4) is 0 Å². The highest BCUT2D eigenvalue weighted by molar-refractivity contribution is 6.75. The fraction of sp³-hybridized carbons (Fsp3) is 0.714. The third-order valence-electron chi connectivity index (χ3n) is 1.80. The van der Waals surface area contributed by atoms with E-state index in [1.807, 2.05) is 13.8 Å². The van der Waals surface area contributed by atoms with E-state index in [1.165, 1.54) is 4.68 Å². The fourth-order valence-corrected chi connectivity index (χ4v) is 2.02. The van der Waals surface area contributed by atoms with Crippen molar-refractivity contribution in [3.63, 3.8) is 0 Å². The van der Waals surface area contributed by atoms with Crippen molar-refractivity contribution in [2.75, 3.05) is 0 Å². The van der Waals surface area contributed by atoms with Gasteiger partial charge in [0.1, 0.15) is 5.69 Å². The lowest BCUT2D eigenvalue weighted by molar-refractivity contribution is 0.485. The quantitative estimate of drug-likeness (QED) is 0.738. The third-order valence-corrected chi connectivity index (χ3v) is 4.41. The van der Waals surface area contributed by atoms with Crippen LogP contribution in [-0.4, -0.2) is 18.8 Å². The normalized spacial score (nSPS) is 13.6. The second-order valence-corrected chi connectivity index (χ2v) is 7.31. The van der Waals surface area contributed by atoms with Gasteiger partial charge in [-0.05, 0) is 13.8 Å². The zero-order chi connectivity index (χ0) is 12.7. The van der Waals surface area contributed by atoms with Crippen LogP contribution >= 0.6 is 69.6 Å². The summed E-state index contributed by atoms with van der Waals surface area (Å²) in [4.78, 5) is 0. The molecule has 0 fully saturated rings. The van der Waals surface area contributed by atoms with Crippen molar-refractivity contribution < 1.29 is 0 Å². The van der Waals surface area contributed by atoms with Gasteiger partial charge in [0.15, 0.2) is 5.15 Å². The summed E-state index contributed by atoms with van der Waals surface area (Å²) < 4.78 is -2.37. The molecule has 0 saturated carbocycles. The molecule has 3 nitrogen and oxygen atoms in total. The van der Waals surface area contributed by atoms with E-state index in [-0.39, 0.29) is 16.9 Å². The highest BCUT2D eigenvalue weighted by Gasteiger charge is 2.51. The van der Waals surface area contributed by atoms with E-state index in [1.54, 1.807) is 0 Å². The Kier molecular flexibility index (Phi) is 4.54. The monoisotopic (exact) mass is 343 g/mol. The molecule has 0 radical (unpaired) electrons. The molecule has 0 aliphatic rings. The first-order chi connectivity index (χ1) is 7.09. The molecule has 0 spiro atoms. The number of hydrogen-bond acceptors (Lipinski definition) is 2. The predicted molar refractivity (Wildman–Crippen MR) is 69.1 cm³/mol. The molecule has 16 heavy (non-hydrogen) atoms. The lowest BCUT2D eigenvalue weighted by Crippen LogP contribution is -2.32. The summed E-state index contributed by atoms with van der Waals surface area (Å²) in [6, 6.07) is -0.0702. The SMILES string of the molecule is CC(C)n1nnc(Cl)c1C(Cl)(Cl)C(Cl)(Cl)Cl. The number of nitrogens with zero attached hydrogens (tertiary/aromatic N) is 3. The summed E-state index contributed by atoms with van der Waals surface area (Å²) in [5, 5.41) is 7.44. The van der Waals surface area contributed by atoms with Crippen LogP contribution in [0, 0.1) is 0 Å². The van der Waals surface area contributed by atoms with Gasteiger partial charge in [0.25, 0.3) is 0 Å². The molecule has 0 bridgehead atoms. The number of halogens is 6. The molecule has 0 amide bonds. The molecular weight excluding hydrogens is 339 g/mol. The molecule has 1 aromatic heterocycles. The average molecular weight is 346 g/mol. The average Bonchev–Trinajstić information content (AvgIpc) is 2.45. The Labute approximate surface area is 123 Å². The Bertz CT molecular complexity index is 380. The highest BCUT2D eigenvalue weighted by Crippen LogP contribution is 2.54. The summed E-state index contributed by atoms with van der Waals surface area (Å²) in [6.45, 7) is 3.69. The van der Waals surface area contributed by atoms with Crippen LogP contribution in [-0.2, 0) is 4.33 Å². The van der Waals surface area contributed by atoms with Gasteiger partial charge < -0.3 is 0 Å². The van der Waals surface area contributed by atoms with E-state index >= 15 is 0 Å². The van der Waals surface area contributed by atoms with Gasteiger partial charge in [-0.25, -0.2) is 4.68 Å². The second-order valence-electron chi connectivity index (χ2n) is 3.34. The van der Waals surface area contributed by atoms with Crippen LogP contribution in [0.1, 0.15) is 25.6 Å². The molecule has 9 heteroatoms. The zero-order valence-electron chi connectivity index (χ0n) is 8.19. The van der Waals surface area contributed by atoms with Crippen LogP contribution in [0.4, 0.5) is 0 Å². The standard InChI is InChI=1S/C7H7Cl6N3/c1-3(2)16-4(5(8)14-15-16)6(9,10)7(11,12)13/h3H,1-2H3. The fourth-order valence-electron chi connectivity index (χ4n) is 1.04. The minimum atomic E-state index is -1.95. The molecule has 0 aliphatic carbocycles. The van der Waals surface area contributed by atoms with Gasteiger partial charge in [-0.3, -0.25) is 0 Å². The Morgan fingerprint density at radius 2 is 1.62 bits per heavy atom. The topological polar surface area (TPSA) is 30.7 Å². The Morgan fingerprint density at radius 1 is 1.12 bits per heavy atom. The van der Waals surface area contributed by atoms with Gasteiger partial charge >= 0.3 is 0 Å². The summed E-state index contributed by atoms with van der Waals surface area (Å²) in [5.74, 6) is 0. The highest BCUT2D eigenvalue weighted by atomic mass is 35.6. The third kappa shape index (κ3) is 2.65. The lowest BCUT2D eigenvalue weighted by atomic mass is 10.3. The van der Waals surface area contributed by atoms with Crippen LogP contribution in [0.15, 0.2) is 0 Å². The summed E-state index contributed by atoms with van der Waals surface area (Å²) in [7, 11) is 0. The van der Waals surface area contributed by atoms with Gasteiger partial charge in [-0.1, -0.05) is 74.8 Å². The molecule has 0 saturated heterocycles. The molecule has 1 heterocycles. The smallest absolute Gasteiger partial charge is 0.228 e. The lowest BCUT2D eigenvalue weighted by Gasteiger charge is -2.28. The minimum Gasteiger partial charge on any atom is -0.242 e. The molecule has 92 valence electrons. The molecule has 0 atom stereocenters. The molecule has 0 unspecified atom stereocenters. The van der Waals surface area contributed by atoms with Crippen molar-refractivity contribution in [2.45, 2.75) is 28.0 Å². The van der Waals surface area contributed by atoms with Crippen molar-refractivity contribution in [1.29, 1.82) is 0 Å². The van der Waals surface area contributed by atoms with Crippen LogP contribution in [0.2, 0.25) is 5.15 Å². The molecule has 0 aliphatic heterocycles. The first kappa shape index (κ1) is 14.9. The number of alkyl halides is 5. The van der Waals surface area contributed by atoms with E-state index in [2.05, 4.69) is 10.3 Å². The maximum absolute atomic E-state index is 6.02. The maximum Gasteiger partial charge on any atom is 0.228 e. The molecular formula is C7H7Cl6N3. The zero-order valence-corrected chi connectivity index (χ0v) is 12.7. The Morgan fingerprint density at radius 3 is 2.00 bits per heavy atom. The number of rotatable bonds is 2. The molecule has 1 aromatic rings. The van der Waals surface area contributed by atoms with E-state index in [4.69, 9.17) is 69.6 Å². The van der Waals surface area contributed by atoms with Crippen LogP contribution in [0.25, 0.3) is 0 Å². The van der Waals surface area contributed by atoms with E-state index in [0.717, 1.165) is 0 Å². The molecule has 1 rings (SSSR count). The van der Waals surface area contributed by atoms with Crippen molar-refractivity contribution >= 4 is 69.6 Å². The first-order valence-electron chi connectivity index (χ1n) is 4.14. The largest absolute Gasteiger partial charge is 0.242 e. The summed E-state index contributed by atoms with van der Waals surface area (Å²) in [5.41, 5.74) is 0.160. The van der Waals surface area contributed by atoms with E-state index < -0.39 is 8.13 Å². The first-order valence-corrected chi connectivity index (χ1v) is 6.41. The minimum absolute atomic E-state index is 0.00465. The van der Waals surface area contributed by atoms with Crippen molar-refractivity contribution in [3.8, 4) is 0 Å². The summed E-state index contributed by atoms with van der Waals surface area (Å²) >= 11 is 35.0. The van der Waals surface area contributed by atoms with Gasteiger partial charge in [0.2, 0.25) is 8.13 Å². The maximum atomic E-state index is 6.02. The number of hydrogen-bond donors (Lipinski definition) is 0. The van der Waals surface area contributed by atoms with Crippen molar-refractivity contribution in [2.24, 2.45) is 0 Å². The summed E-state index contributed by atoms with van der Waals surface area (Å²) in [6.07, 6.45) is 0. The van der Waals surface area contributed by atoms with Gasteiger partial charge in [-0.2, -0.15) is 0 Å². The van der Waals surface area contributed by atoms with E-state index in [0.29, 0.717) is 0 Å². The van der Waals surface area contributed by atoms with Gasteiger partial charge in [0, 0.05) is 6.04 Å². The van der Waals surface area contributed by atoms with Crippen LogP contribution in [0.5, 0.6) is 0 Å². The number of aromatic nitrogens is 3. The Hall–Kier alpha value is 0.880. The Balaban J connectivity index is 3.37.